The lowest BCUT2D eigenvalue weighted by Gasteiger charge is -2.03. The topological polar surface area (TPSA) is 77.7 Å². The smallest absolute Gasteiger partial charge is 0.253 e. The zero-order valence-electron chi connectivity index (χ0n) is 12.2. The molecule has 0 spiro atoms. The number of Topliss-reactive ketones (excluding diaryl/α,β-unsaturated/α-hetero) is 2. The van der Waals surface area contributed by atoms with Crippen molar-refractivity contribution >= 4 is 22.6 Å². The van der Waals surface area contributed by atoms with Crippen molar-refractivity contribution in [1.29, 1.82) is 0 Å². The Morgan fingerprint density at radius 1 is 1.00 bits per heavy atom. The van der Waals surface area contributed by atoms with Crippen molar-refractivity contribution in [3.8, 4) is 0 Å². The Labute approximate surface area is 126 Å². The van der Waals surface area contributed by atoms with Crippen molar-refractivity contribution < 1.29 is 9.59 Å². The molecule has 22 heavy (non-hydrogen) atoms. The number of rotatable bonds is 4. The zero-order chi connectivity index (χ0) is 15.7. The van der Waals surface area contributed by atoms with Crippen LogP contribution in [-0.4, -0.2) is 31.3 Å². The van der Waals surface area contributed by atoms with E-state index in [9.17, 15) is 9.59 Å². The molecule has 1 aromatic carbocycles. The fourth-order valence-corrected chi connectivity index (χ4v) is 2.10. The molecule has 0 bridgehead atoms. The summed E-state index contributed by atoms with van der Waals surface area (Å²) in [6.07, 6.45) is 4.81. The largest absolute Gasteiger partial charge is 0.285 e. The summed E-state index contributed by atoms with van der Waals surface area (Å²) in [5.41, 5.74) is 1.69. The molecule has 0 saturated heterocycles. The van der Waals surface area contributed by atoms with Crippen LogP contribution in [0.2, 0.25) is 0 Å². The second-order valence-electron chi connectivity index (χ2n) is 5.19. The van der Waals surface area contributed by atoms with Crippen LogP contribution in [0.1, 0.15) is 40.7 Å². The van der Waals surface area contributed by atoms with E-state index >= 15 is 0 Å². The van der Waals surface area contributed by atoms with E-state index in [1.165, 1.54) is 0 Å². The van der Waals surface area contributed by atoms with E-state index in [0.717, 1.165) is 0 Å². The number of hydrogen-bond donors (Lipinski definition) is 0. The van der Waals surface area contributed by atoms with Gasteiger partial charge in [0.2, 0.25) is 5.78 Å². The minimum atomic E-state index is -0.623. The van der Waals surface area contributed by atoms with Crippen LogP contribution in [0.3, 0.4) is 0 Å². The van der Waals surface area contributed by atoms with Gasteiger partial charge in [-0.2, -0.15) is 5.10 Å². The third-order valence-corrected chi connectivity index (χ3v) is 3.31. The average molecular weight is 294 g/mol. The number of ketones is 2. The van der Waals surface area contributed by atoms with Gasteiger partial charge in [-0.05, 0) is 38.1 Å². The van der Waals surface area contributed by atoms with Crippen LogP contribution in [0, 0.1) is 0 Å². The summed E-state index contributed by atoms with van der Waals surface area (Å²) in [6, 6.07) is 6.52. The number of benzene rings is 1. The van der Waals surface area contributed by atoms with Gasteiger partial charge < -0.3 is 0 Å². The first-order valence-electron chi connectivity index (χ1n) is 6.91. The second-order valence-corrected chi connectivity index (χ2v) is 5.19. The molecular formula is C16H14N4O2. The fourth-order valence-electron chi connectivity index (χ4n) is 2.10. The lowest BCUT2D eigenvalue weighted by atomic mass is 10.0. The number of aromatic nitrogens is 4. The van der Waals surface area contributed by atoms with Crippen molar-refractivity contribution in [3.63, 3.8) is 0 Å². The Morgan fingerprint density at radius 3 is 2.41 bits per heavy atom. The SMILES string of the molecule is CC(C)n1ccc(C(=O)C(=O)c2ccc3nccnc3c2)n1. The van der Waals surface area contributed by atoms with E-state index in [-0.39, 0.29) is 17.3 Å². The van der Waals surface area contributed by atoms with Gasteiger partial charge in [0.1, 0.15) is 5.69 Å². The molecule has 0 radical (unpaired) electrons. The zero-order valence-corrected chi connectivity index (χ0v) is 12.2. The highest BCUT2D eigenvalue weighted by Crippen LogP contribution is 2.14. The van der Waals surface area contributed by atoms with Crippen LogP contribution in [0.15, 0.2) is 42.9 Å². The Balaban J connectivity index is 1.92. The first kappa shape index (κ1) is 14.1. The van der Waals surface area contributed by atoms with Crippen molar-refractivity contribution in [1.82, 2.24) is 19.7 Å². The molecule has 110 valence electrons. The summed E-state index contributed by atoms with van der Waals surface area (Å²) in [5.74, 6) is -1.22. The molecule has 0 atom stereocenters. The summed E-state index contributed by atoms with van der Waals surface area (Å²) in [6.45, 7) is 3.90. The highest BCUT2D eigenvalue weighted by Gasteiger charge is 2.21. The lowest BCUT2D eigenvalue weighted by molar-refractivity contribution is 0.0813. The highest BCUT2D eigenvalue weighted by atomic mass is 16.2. The van der Waals surface area contributed by atoms with Crippen molar-refractivity contribution in [2.75, 3.05) is 0 Å². The van der Waals surface area contributed by atoms with Gasteiger partial charge in [0.15, 0.2) is 0 Å². The summed E-state index contributed by atoms with van der Waals surface area (Å²) < 4.78 is 1.65. The molecule has 6 heteroatoms. The third-order valence-electron chi connectivity index (χ3n) is 3.31. The van der Waals surface area contributed by atoms with E-state index in [1.807, 2.05) is 13.8 Å². The summed E-state index contributed by atoms with van der Waals surface area (Å²) >= 11 is 0. The van der Waals surface area contributed by atoms with Gasteiger partial charge >= 0.3 is 0 Å². The van der Waals surface area contributed by atoms with Gasteiger partial charge in [0.25, 0.3) is 5.78 Å². The van der Waals surface area contributed by atoms with E-state index in [2.05, 4.69) is 15.1 Å². The molecule has 2 heterocycles. The summed E-state index contributed by atoms with van der Waals surface area (Å²) in [5, 5.41) is 4.14. The maximum absolute atomic E-state index is 12.3. The third kappa shape index (κ3) is 2.50. The van der Waals surface area contributed by atoms with Gasteiger partial charge in [0, 0.05) is 30.2 Å². The number of carbonyl (C=O) groups excluding carboxylic acids is 2. The van der Waals surface area contributed by atoms with Gasteiger partial charge in [-0.3, -0.25) is 24.2 Å². The van der Waals surface area contributed by atoms with Crippen molar-refractivity contribution in [2.24, 2.45) is 0 Å². The number of hydrogen-bond acceptors (Lipinski definition) is 5. The standard InChI is InChI=1S/C16H14N4O2/c1-10(2)20-8-5-13(19-20)16(22)15(21)11-3-4-12-14(9-11)18-7-6-17-12/h3-10H,1-2H3. The van der Waals surface area contributed by atoms with E-state index in [4.69, 9.17) is 0 Å². The number of carbonyl (C=O) groups is 2. The normalized spacial score (nSPS) is 11.0. The molecule has 0 fully saturated rings. The Hall–Kier alpha value is -2.89. The molecule has 0 aliphatic heterocycles. The second kappa shape index (κ2) is 5.48. The molecule has 0 unspecified atom stereocenters. The van der Waals surface area contributed by atoms with E-state index < -0.39 is 11.6 Å². The van der Waals surface area contributed by atoms with Crippen LogP contribution in [0.4, 0.5) is 0 Å². The highest BCUT2D eigenvalue weighted by molar-refractivity contribution is 6.48. The molecule has 0 amide bonds. The molecule has 0 saturated carbocycles. The van der Waals surface area contributed by atoms with Gasteiger partial charge in [-0.25, -0.2) is 0 Å². The summed E-state index contributed by atoms with van der Waals surface area (Å²) in [7, 11) is 0. The van der Waals surface area contributed by atoms with Gasteiger partial charge in [0.05, 0.1) is 11.0 Å². The Bertz CT molecular complexity index is 867. The molecule has 3 rings (SSSR count). The monoisotopic (exact) mass is 294 g/mol. The first-order valence-corrected chi connectivity index (χ1v) is 6.91. The van der Waals surface area contributed by atoms with Crippen LogP contribution in [0.5, 0.6) is 0 Å². The molecular weight excluding hydrogens is 280 g/mol. The van der Waals surface area contributed by atoms with Crippen molar-refractivity contribution in [2.45, 2.75) is 19.9 Å². The van der Waals surface area contributed by atoms with Gasteiger partial charge in [-0.15, -0.1) is 0 Å². The number of fused-ring (bicyclic) bond motifs is 1. The molecule has 2 aromatic heterocycles. The molecule has 0 N–H and O–H groups in total. The Morgan fingerprint density at radius 2 is 1.73 bits per heavy atom. The van der Waals surface area contributed by atoms with Crippen LogP contribution in [0.25, 0.3) is 11.0 Å². The van der Waals surface area contributed by atoms with E-state index in [0.29, 0.717) is 11.0 Å². The minimum absolute atomic E-state index is 0.132. The minimum Gasteiger partial charge on any atom is -0.285 e. The first-order chi connectivity index (χ1) is 10.6. The maximum atomic E-state index is 12.3. The van der Waals surface area contributed by atoms with Crippen LogP contribution in [-0.2, 0) is 0 Å². The average Bonchev–Trinajstić information content (AvgIpc) is 3.03. The quantitative estimate of drug-likeness (QED) is 0.545. The maximum Gasteiger partial charge on any atom is 0.253 e. The number of nitrogens with zero attached hydrogens (tertiary/aromatic N) is 4. The van der Waals surface area contributed by atoms with Gasteiger partial charge in [-0.1, -0.05) is 0 Å². The summed E-state index contributed by atoms with van der Waals surface area (Å²) in [4.78, 5) is 32.8. The predicted molar refractivity (Wildman–Crippen MR) is 80.8 cm³/mol. The molecule has 3 aromatic rings. The molecule has 0 aliphatic rings. The lowest BCUT2D eigenvalue weighted by Crippen LogP contribution is -2.16. The molecule has 6 nitrogen and oxygen atoms in total. The van der Waals surface area contributed by atoms with Crippen LogP contribution < -0.4 is 0 Å². The molecule has 0 aliphatic carbocycles. The van der Waals surface area contributed by atoms with E-state index in [1.54, 1.807) is 47.5 Å². The fraction of sp³-hybridized carbons (Fsp3) is 0.188. The predicted octanol–water partition coefficient (Wildman–Crippen LogP) is 2.47. The van der Waals surface area contributed by atoms with Crippen LogP contribution >= 0.6 is 0 Å². The van der Waals surface area contributed by atoms with Crippen molar-refractivity contribution in [3.05, 3.63) is 54.1 Å². The Kier molecular flexibility index (Phi) is 3.50.